The number of hydrogen-bond donors (Lipinski definition) is 3. The lowest BCUT2D eigenvalue weighted by Gasteiger charge is -2.27. The number of aromatic nitrogens is 2. The highest BCUT2D eigenvalue weighted by atomic mass is 16.4. The van der Waals surface area contributed by atoms with E-state index in [4.69, 9.17) is 10.8 Å². The van der Waals surface area contributed by atoms with Gasteiger partial charge in [0.15, 0.2) is 0 Å². The molecule has 1 aromatic heterocycles. The van der Waals surface area contributed by atoms with Crippen LogP contribution < -0.4 is 5.73 Å². The number of piperidine rings is 1. The summed E-state index contributed by atoms with van der Waals surface area (Å²) in [6.07, 6.45) is 4.23. The van der Waals surface area contributed by atoms with E-state index in [9.17, 15) is 4.79 Å². The zero-order chi connectivity index (χ0) is 11.3. The first-order valence-electron chi connectivity index (χ1n) is 5.37. The molecule has 2 aliphatic rings. The molecule has 6 heteroatoms. The molecule has 6 nitrogen and oxygen atoms in total. The van der Waals surface area contributed by atoms with Crippen LogP contribution in [0.25, 0.3) is 0 Å². The average Bonchev–Trinajstić information content (AvgIpc) is 2.66. The van der Waals surface area contributed by atoms with Crippen LogP contribution in [-0.2, 0) is 6.42 Å². The number of aromatic amines is 1. The van der Waals surface area contributed by atoms with Crippen molar-refractivity contribution in [2.45, 2.75) is 24.4 Å². The number of amides is 1. The van der Waals surface area contributed by atoms with E-state index in [2.05, 4.69) is 10.2 Å². The van der Waals surface area contributed by atoms with Crippen molar-refractivity contribution in [3.8, 4) is 0 Å². The molecule has 86 valence electrons. The minimum atomic E-state index is -0.870. The fourth-order valence-electron chi connectivity index (χ4n) is 2.79. The highest BCUT2D eigenvalue weighted by molar-refractivity contribution is 5.67. The summed E-state index contributed by atoms with van der Waals surface area (Å²) in [5.41, 5.74) is 6.92. The number of carbonyl (C=O) groups is 1. The van der Waals surface area contributed by atoms with Crippen molar-refractivity contribution in [3.05, 3.63) is 18.0 Å². The number of nitrogens with two attached hydrogens (primary N) is 1. The van der Waals surface area contributed by atoms with Crippen LogP contribution in [0.15, 0.2) is 12.4 Å². The van der Waals surface area contributed by atoms with Crippen molar-refractivity contribution >= 4 is 6.09 Å². The van der Waals surface area contributed by atoms with Crippen molar-refractivity contribution in [1.29, 1.82) is 0 Å². The van der Waals surface area contributed by atoms with Gasteiger partial charge in [-0.15, -0.1) is 0 Å². The minimum Gasteiger partial charge on any atom is -0.465 e. The summed E-state index contributed by atoms with van der Waals surface area (Å²) in [7, 11) is 0. The van der Waals surface area contributed by atoms with Gasteiger partial charge in [0.25, 0.3) is 0 Å². The summed E-state index contributed by atoms with van der Waals surface area (Å²) in [5, 5.41) is 15.7. The zero-order valence-corrected chi connectivity index (χ0v) is 8.76. The molecule has 4 N–H and O–H groups in total. The molecule has 2 heterocycles. The highest BCUT2D eigenvalue weighted by Crippen LogP contribution is 2.52. The number of likely N-dealkylation sites (tertiary alicyclic amines) is 1. The molecule has 1 amide bonds. The van der Waals surface area contributed by atoms with E-state index in [-0.39, 0.29) is 11.6 Å². The van der Waals surface area contributed by atoms with Crippen molar-refractivity contribution in [3.63, 3.8) is 0 Å². The van der Waals surface area contributed by atoms with Gasteiger partial charge in [0.2, 0.25) is 0 Å². The number of fused-ring (bicyclic) bond motifs is 1. The zero-order valence-electron chi connectivity index (χ0n) is 8.76. The predicted octanol–water partition coefficient (Wildman–Crippen LogP) is 0.0318. The molecule has 1 aromatic rings. The second kappa shape index (κ2) is 2.98. The topological polar surface area (TPSA) is 95.2 Å². The van der Waals surface area contributed by atoms with Crippen LogP contribution in [-0.4, -0.2) is 44.4 Å². The molecule has 16 heavy (non-hydrogen) atoms. The Balaban J connectivity index is 1.82. The molecule has 0 aromatic carbocycles. The summed E-state index contributed by atoms with van der Waals surface area (Å²) in [6, 6.07) is -0.104. The standard InChI is InChI=1S/C10H14N4O2/c11-10-2-7(10)5-14(9(15)16)8(10)1-6-3-12-13-4-6/h3-4,7-8H,1-2,5,11H2,(H,12,13)(H,15,16). The van der Waals surface area contributed by atoms with Crippen LogP contribution in [0.2, 0.25) is 0 Å². The molecular formula is C10H14N4O2. The van der Waals surface area contributed by atoms with Gasteiger partial charge in [-0.25, -0.2) is 4.79 Å². The molecule has 1 saturated carbocycles. The molecule has 3 rings (SSSR count). The number of hydrogen-bond acceptors (Lipinski definition) is 3. The monoisotopic (exact) mass is 222 g/mol. The van der Waals surface area contributed by atoms with E-state index in [1.54, 1.807) is 12.4 Å². The predicted molar refractivity (Wildman–Crippen MR) is 55.8 cm³/mol. The fraction of sp³-hybridized carbons (Fsp3) is 0.600. The normalized spacial score (nSPS) is 36.2. The molecule has 3 unspecified atom stereocenters. The van der Waals surface area contributed by atoms with E-state index in [1.807, 2.05) is 0 Å². The molecular weight excluding hydrogens is 208 g/mol. The van der Waals surface area contributed by atoms with Crippen molar-refractivity contribution in [2.75, 3.05) is 6.54 Å². The average molecular weight is 222 g/mol. The Labute approximate surface area is 92.4 Å². The van der Waals surface area contributed by atoms with E-state index in [0.29, 0.717) is 18.9 Å². The van der Waals surface area contributed by atoms with Gasteiger partial charge in [0, 0.05) is 18.3 Å². The Bertz CT molecular complexity index is 418. The Hall–Kier alpha value is -1.56. The first-order chi connectivity index (χ1) is 7.61. The number of H-pyrrole nitrogens is 1. The number of carboxylic acid groups (broad SMARTS) is 1. The number of rotatable bonds is 2. The van der Waals surface area contributed by atoms with E-state index < -0.39 is 6.09 Å². The van der Waals surface area contributed by atoms with E-state index in [0.717, 1.165) is 12.0 Å². The van der Waals surface area contributed by atoms with Gasteiger partial charge in [-0.1, -0.05) is 0 Å². The molecule has 0 bridgehead atoms. The molecule has 0 spiro atoms. The second-order valence-electron chi connectivity index (χ2n) is 4.77. The lowest BCUT2D eigenvalue weighted by molar-refractivity contribution is 0.129. The van der Waals surface area contributed by atoms with Crippen LogP contribution >= 0.6 is 0 Å². The summed E-state index contributed by atoms with van der Waals surface area (Å²) in [5.74, 6) is 0.348. The smallest absolute Gasteiger partial charge is 0.407 e. The molecule has 1 aliphatic carbocycles. The Kier molecular flexibility index (Phi) is 1.79. The van der Waals surface area contributed by atoms with Gasteiger partial charge in [0.05, 0.1) is 12.2 Å². The third-order valence-corrected chi connectivity index (χ3v) is 3.84. The third-order valence-electron chi connectivity index (χ3n) is 3.84. The van der Waals surface area contributed by atoms with E-state index >= 15 is 0 Å². The first kappa shape index (κ1) is 9.65. The molecule has 1 saturated heterocycles. The maximum atomic E-state index is 11.1. The van der Waals surface area contributed by atoms with Crippen molar-refractivity contribution in [1.82, 2.24) is 15.1 Å². The van der Waals surface area contributed by atoms with Crippen LogP contribution in [0.1, 0.15) is 12.0 Å². The first-order valence-corrected chi connectivity index (χ1v) is 5.37. The molecule has 3 atom stereocenters. The summed E-state index contributed by atoms with van der Waals surface area (Å²) in [4.78, 5) is 12.6. The van der Waals surface area contributed by atoms with Crippen LogP contribution in [0.3, 0.4) is 0 Å². The van der Waals surface area contributed by atoms with Gasteiger partial charge >= 0.3 is 6.09 Å². The molecule has 0 radical (unpaired) electrons. The van der Waals surface area contributed by atoms with E-state index in [1.165, 1.54) is 4.90 Å². The van der Waals surface area contributed by atoms with Crippen molar-refractivity contribution < 1.29 is 9.90 Å². The summed E-state index contributed by atoms with van der Waals surface area (Å²) >= 11 is 0. The Morgan fingerprint density at radius 2 is 2.62 bits per heavy atom. The maximum Gasteiger partial charge on any atom is 0.407 e. The van der Waals surface area contributed by atoms with Gasteiger partial charge in [0.1, 0.15) is 0 Å². The van der Waals surface area contributed by atoms with Gasteiger partial charge in [-0.05, 0) is 24.3 Å². The van der Waals surface area contributed by atoms with Gasteiger partial charge < -0.3 is 15.7 Å². The minimum absolute atomic E-state index is 0.104. The van der Waals surface area contributed by atoms with Crippen LogP contribution in [0.5, 0.6) is 0 Å². The lowest BCUT2D eigenvalue weighted by atomic mass is 10.0. The van der Waals surface area contributed by atoms with Gasteiger partial charge in [-0.2, -0.15) is 5.10 Å². The maximum absolute atomic E-state index is 11.1. The lowest BCUT2D eigenvalue weighted by Crippen LogP contribution is -2.48. The number of nitrogens with zero attached hydrogens (tertiary/aromatic N) is 2. The summed E-state index contributed by atoms with van der Waals surface area (Å²) < 4.78 is 0. The van der Waals surface area contributed by atoms with Gasteiger partial charge in [-0.3, -0.25) is 5.10 Å². The number of nitrogens with one attached hydrogen (secondary N) is 1. The quantitative estimate of drug-likeness (QED) is 0.658. The third kappa shape index (κ3) is 1.23. The fourth-order valence-corrected chi connectivity index (χ4v) is 2.79. The second-order valence-corrected chi connectivity index (χ2v) is 4.77. The SMILES string of the molecule is NC12CC1CN(C(=O)O)C2Cc1cn[nH]c1. The van der Waals surface area contributed by atoms with Crippen molar-refractivity contribution in [2.24, 2.45) is 11.7 Å². The Morgan fingerprint density at radius 3 is 3.25 bits per heavy atom. The Morgan fingerprint density at radius 1 is 1.81 bits per heavy atom. The molecule has 2 fully saturated rings. The largest absolute Gasteiger partial charge is 0.465 e. The van der Waals surface area contributed by atoms with Crippen LogP contribution in [0.4, 0.5) is 4.79 Å². The van der Waals surface area contributed by atoms with Crippen LogP contribution in [0, 0.1) is 5.92 Å². The highest BCUT2D eigenvalue weighted by Gasteiger charge is 2.64. The molecule has 1 aliphatic heterocycles. The summed E-state index contributed by atoms with van der Waals surface area (Å²) in [6.45, 7) is 0.578.